The van der Waals surface area contributed by atoms with Gasteiger partial charge in [-0.15, -0.1) is 0 Å². The highest BCUT2D eigenvalue weighted by Gasteiger charge is 1.97. The topological polar surface area (TPSA) is 35.5 Å². The van der Waals surface area contributed by atoms with Crippen molar-refractivity contribution in [1.82, 2.24) is 0 Å². The summed E-state index contributed by atoms with van der Waals surface area (Å²) in [7, 11) is 1.63. The molecule has 98 valence electrons. The predicted octanol–water partition coefficient (Wildman–Crippen LogP) is 3.62. The molecule has 18 heavy (non-hydrogen) atoms. The van der Waals surface area contributed by atoms with E-state index in [1.54, 1.807) is 7.11 Å². The van der Waals surface area contributed by atoms with Gasteiger partial charge in [0.1, 0.15) is 5.75 Å². The van der Waals surface area contributed by atoms with Crippen LogP contribution in [0.1, 0.15) is 25.3 Å². The number of hydrogen-bond acceptors (Lipinski definition) is 3. The van der Waals surface area contributed by atoms with Crippen LogP contribution in [0, 0.1) is 0 Å². The van der Waals surface area contributed by atoms with Crippen molar-refractivity contribution in [3.05, 3.63) is 34.9 Å². The highest BCUT2D eigenvalue weighted by molar-refractivity contribution is 6.31. The molecule has 0 amide bonds. The normalized spacial score (nSPS) is 11.2. The quantitative estimate of drug-likeness (QED) is 0.584. The zero-order valence-corrected chi connectivity index (χ0v) is 11.4. The summed E-state index contributed by atoms with van der Waals surface area (Å²) >= 11 is 6.09. The monoisotopic (exact) mass is 268 g/mol. The van der Waals surface area contributed by atoms with Gasteiger partial charge in [0.25, 0.3) is 0 Å². The number of methoxy groups -OCH3 is 1. The van der Waals surface area contributed by atoms with E-state index >= 15 is 0 Å². The molecule has 0 fully saturated rings. The smallest absolute Gasteiger partial charge is 0.302 e. The summed E-state index contributed by atoms with van der Waals surface area (Å²) < 4.78 is 9.91. The Morgan fingerprint density at radius 3 is 2.56 bits per heavy atom. The minimum atomic E-state index is -0.259. The van der Waals surface area contributed by atoms with Crippen molar-refractivity contribution in [2.24, 2.45) is 0 Å². The number of rotatable bonds is 6. The maximum Gasteiger partial charge on any atom is 0.302 e. The van der Waals surface area contributed by atoms with Crippen LogP contribution in [-0.4, -0.2) is 19.7 Å². The Kier molecular flexibility index (Phi) is 6.29. The average Bonchev–Trinajstić information content (AvgIpc) is 2.35. The van der Waals surface area contributed by atoms with Crippen molar-refractivity contribution in [1.29, 1.82) is 0 Å². The third kappa shape index (κ3) is 5.73. The Balaban J connectivity index is 2.41. The molecule has 3 nitrogen and oxygen atoms in total. The van der Waals surface area contributed by atoms with Crippen LogP contribution in [0.15, 0.2) is 29.3 Å². The SMILES string of the molecule is COc1ccc(/C=C(\Cl)CCCOC(C)=O)cc1. The largest absolute Gasteiger partial charge is 0.497 e. The molecule has 0 atom stereocenters. The van der Waals surface area contributed by atoms with Crippen LogP contribution in [-0.2, 0) is 9.53 Å². The lowest BCUT2D eigenvalue weighted by Gasteiger charge is -2.02. The first-order valence-electron chi connectivity index (χ1n) is 5.75. The van der Waals surface area contributed by atoms with Gasteiger partial charge in [-0.25, -0.2) is 0 Å². The van der Waals surface area contributed by atoms with Crippen molar-refractivity contribution < 1.29 is 14.3 Å². The van der Waals surface area contributed by atoms with E-state index in [9.17, 15) is 4.79 Å². The molecule has 1 aromatic carbocycles. The van der Waals surface area contributed by atoms with Crippen LogP contribution in [0.25, 0.3) is 6.08 Å². The van der Waals surface area contributed by atoms with E-state index in [0.29, 0.717) is 13.0 Å². The molecule has 0 aliphatic heterocycles. The van der Waals surface area contributed by atoms with E-state index in [4.69, 9.17) is 21.1 Å². The van der Waals surface area contributed by atoms with Gasteiger partial charge < -0.3 is 9.47 Å². The van der Waals surface area contributed by atoms with Crippen molar-refractivity contribution in [3.63, 3.8) is 0 Å². The molecule has 4 heteroatoms. The highest BCUT2D eigenvalue weighted by Crippen LogP contribution is 2.18. The van der Waals surface area contributed by atoms with E-state index in [-0.39, 0.29) is 5.97 Å². The fraction of sp³-hybridized carbons (Fsp3) is 0.357. The summed E-state index contributed by atoms with van der Waals surface area (Å²) in [5.74, 6) is 0.559. The minimum Gasteiger partial charge on any atom is -0.497 e. The van der Waals surface area contributed by atoms with Gasteiger partial charge in [-0.05, 0) is 36.6 Å². The third-order valence-electron chi connectivity index (χ3n) is 2.30. The van der Waals surface area contributed by atoms with Crippen LogP contribution in [0.4, 0.5) is 0 Å². The second-order valence-electron chi connectivity index (χ2n) is 3.81. The molecule has 1 aromatic rings. The molecule has 0 aliphatic carbocycles. The standard InChI is InChI=1S/C14H17ClO3/c1-11(16)18-9-3-4-13(15)10-12-5-7-14(17-2)8-6-12/h5-8,10H,3-4,9H2,1-2H3/b13-10-. The first kappa shape index (κ1) is 14.6. The second kappa shape index (κ2) is 7.77. The summed E-state index contributed by atoms with van der Waals surface area (Å²) in [4.78, 5) is 10.6. The first-order chi connectivity index (χ1) is 8.61. The van der Waals surface area contributed by atoms with Gasteiger partial charge in [0.05, 0.1) is 13.7 Å². The molecule has 0 bridgehead atoms. The van der Waals surface area contributed by atoms with E-state index in [1.165, 1.54) is 6.92 Å². The van der Waals surface area contributed by atoms with E-state index in [0.717, 1.165) is 22.8 Å². The van der Waals surface area contributed by atoms with Crippen LogP contribution >= 0.6 is 11.6 Å². The molecule has 0 saturated heterocycles. The zero-order valence-electron chi connectivity index (χ0n) is 10.6. The summed E-state index contributed by atoms with van der Waals surface area (Å²) in [6.45, 7) is 1.80. The molecule has 0 aliphatic rings. The molecular formula is C14H17ClO3. The summed E-state index contributed by atoms with van der Waals surface area (Å²) in [5.41, 5.74) is 1.02. The van der Waals surface area contributed by atoms with E-state index in [2.05, 4.69) is 0 Å². The Morgan fingerprint density at radius 1 is 1.33 bits per heavy atom. The number of ether oxygens (including phenoxy) is 2. The van der Waals surface area contributed by atoms with Gasteiger partial charge in [-0.1, -0.05) is 23.7 Å². The Labute approximate surface area is 112 Å². The van der Waals surface area contributed by atoms with Gasteiger partial charge in [-0.3, -0.25) is 4.79 Å². The molecule has 0 heterocycles. The van der Waals surface area contributed by atoms with Crippen LogP contribution in [0.3, 0.4) is 0 Å². The number of allylic oxidation sites excluding steroid dienone is 1. The number of benzene rings is 1. The molecule has 0 unspecified atom stereocenters. The van der Waals surface area contributed by atoms with Crippen molar-refractivity contribution in [2.75, 3.05) is 13.7 Å². The maximum atomic E-state index is 10.6. The van der Waals surface area contributed by atoms with Gasteiger partial charge >= 0.3 is 5.97 Å². The van der Waals surface area contributed by atoms with Crippen LogP contribution < -0.4 is 4.74 Å². The zero-order chi connectivity index (χ0) is 13.4. The second-order valence-corrected chi connectivity index (χ2v) is 4.29. The number of esters is 1. The third-order valence-corrected chi connectivity index (χ3v) is 2.60. The fourth-order valence-electron chi connectivity index (χ4n) is 1.41. The summed E-state index contributed by atoms with van der Waals surface area (Å²) in [5, 5.41) is 0.743. The Bertz CT molecular complexity index is 410. The lowest BCUT2D eigenvalue weighted by Crippen LogP contribution is -2.00. The van der Waals surface area contributed by atoms with Crippen molar-refractivity contribution >= 4 is 23.6 Å². The number of halogens is 1. The first-order valence-corrected chi connectivity index (χ1v) is 6.13. The van der Waals surface area contributed by atoms with Crippen molar-refractivity contribution in [3.8, 4) is 5.75 Å². The molecule has 0 radical (unpaired) electrons. The highest BCUT2D eigenvalue weighted by atomic mass is 35.5. The number of carbonyl (C=O) groups is 1. The average molecular weight is 269 g/mol. The predicted molar refractivity (Wildman–Crippen MR) is 72.7 cm³/mol. The van der Waals surface area contributed by atoms with Crippen LogP contribution in [0.5, 0.6) is 5.75 Å². The maximum absolute atomic E-state index is 10.6. The summed E-state index contributed by atoms with van der Waals surface area (Å²) in [6.07, 6.45) is 3.32. The van der Waals surface area contributed by atoms with Crippen molar-refractivity contribution in [2.45, 2.75) is 19.8 Å². The summed E-state index contributed by atoms with van der Waals surface area (Å²) in [6, 6.07) is 7.64. The van der Waals surface area contributed by atoms with Gasteiger partial charge in [0, 0.05) is 12.0 Å². The Morgan fingerprint density at radius 2 is 2.00 bits per heavy atom. The Hall–Kier alpha value is -1.48. The molecule has 0 spiro atoms. The van der Waals surface area contributed by atoms with Gasteiger partial charge in [-0.2, -0.15) is 0 Å². The minimum absolute atomic E-state index is 0.259. The molecular weight excluding hydrogens is 252 g/mol. The molecule has 1 rings (SSSR count). The van der Waals surface area contributed by atoms with E-state index in [1.807, 2.05) is 30.3 Å². The van der Waals surface area contributed by atoms with Crippen LogP contribution in [0.2, 0.25) is 0 Å². The lowest BCUT2D eigenvalue weighted by molar-refractivity contribution is -0.141. The van der Waals surface area contributed by atoms with Gasteiger partial charge in [0.15, 0.2) is 0 Å². The lowest BCUT2D eigenvalue weighted by atomic mass is 10.2. The number of carbonyl (C=O) groups excluding carboxylic acids is 1. The molecule has 0 saturated carbocycles. The van der Waals surface area contributed by atoms with Gasteiger partial charge in [0.2, 0.25) is 0 Å². The van der Waals surface area contributed by atoms with E-state index < -0.39 is 0 Å². The molecule has 0 N–H and O–H groups in total. The molecule has 0 aromatic heterocycles. The number of hydrogen-bond donors (Lipinski definition) is 0. The fourth-order valence-corrected chi connectivity index (χ4v) is 1.67.